The fourth-order valence-corrected chi connectivity index (χ4v) is 0.656. The molecule has 0 saturated heterocycles. The van der Waals surface area contributed by atoms with Crippen molar-refractivity contribution < 1.29 is 57.6 Å². The first kappa shape index (κ1) is 13.8. The fraction of sp³-hybridized carbons (Fsp3) is 0.857. The Morgan fingerprint density at radius 3 is 2.40 bits per heavy atom. The second-order valence-electron chi connectivity index (χ2n) is 2.47. The van der Waals surface area contributed by atoms with Gasteiger partial charge in [0, 0.05) is 6.42 Å². The zero-order valence-corrected chi connectivity index (χ0v) is 10.4. The molecule has 0 unspecified atom stereocenters. The Morgan fingerprint density at radius 1 is 1.40 bits per heavy atom. The Kier molecular flexibility index (Phi) is 14.2. The summed E-state index contributed by atoms with van der Waals surface area (Å²) < 4.78 is 0. The molecule has 0 aromatic carbocycles. The Hall–Kier alpha value is 1.27. The van der Waals surface area contributed by atoms with Crippen LogP contribution in [0.4, 0.5) is 0 Å². The number of rotatable bonds is 5. The van der Waals surface area contributed by atoms with Crippen molar-refractivity contribution in [3.63, 3.8) is 0 Å². The quantitative estimate of drug-likeness (QED) is 0.270. The van der Waals surface area contributed by atoms with Crippen molar-refractivity contribution >= 4 is 6.29 Å². The van der Waals surface area contributed by atoms with E-state index < -0.39 is 0 Å². The van der Waals surface area contributed by atoms with Crippen molar-refractivity contribution in [1.82, 2.24) is 4.90 Å². The zero-order valence-electron chi connectivity index (χ0n) is 8.26. The number of hydrogen-bond donors (Lipinski definition) is 0. The Balaban J connectivity index is -0.000000320. The molecule has 0 aliphatic carbocycles. The summed E-state index contributed by atoms with van der Waals surface area (Å²) in [6.07, 6.45) is 3.86. The van der Waals surface area contributed by atoms with Gasteiger partial charge >= 0.3 is 51.4 Å². The third-order valence-corrected chi connectivity index (χ3v) is 1.18. The number of aldehydes is 1. The molecule has 0 aromatic heterocycles. The minimum absolute atomic E-state index is 0. The van der Waals surface area contributed by atoms with E-state index in [4.69, 9.17) is 0 Å². The van der Waals surface area contributed by atoms with Crippen LogP contribution in [-0.2, 0) is 4.79 Å². The molecule has 0 radical (unpaired) electrons. The molecule has 0 spiro atoms. The molecular formula is C7H16KNO. The predicted molar refractivity (Wildman–Crippen MR) is 39.6 cm³/mol. The molecule has 0 heterocycles. The molecule has 0 aliphatic rings. The summed E-state index contributed by atoms with van der Waals surface area (Å²) in [7, 11) is 4.09. The second kappa shape index (κ2) is 10.3. The molecule has 0 fully saturated rings. The molecule has 0 N–H and O–H groups in total. The van der Waals surface area contributed by atoms with E-state index in [0.29, 0.717) is 6.42 Å². The minimum atomic E-state index is 0. The topological polar surface area (TPSA) is 20.3 Å². The second-order valence-corrected chi connectivity index (χ2v) is 2.47. The molecule has 0 aliphatic heterocycles. The van der Waals surface area contributed by atoms with Crippen molar-refractivity contribution in [2.24, 2.45) is 0 Å². The van der Waals surface area contributed by atoms with Gasteiger partial charge in [0.25, 0.3) is 0 Å². The Labute approximate surface area is 107 Å². The van der Waals surface area contributed by atoms with Gasteiger partial charge in [-0.1, -0.05) is 0 Å². The molecule has 56 valence electrons. The molecule has 0 bridgehead atoms. The fourth-order valence-electron chi connectivity index (χ4n) is 0.656. The molecule has 0 saturated carbocycles. The van der Waals surface area contributed by atoms with Crippen LogP contribution in [0.2, 0.25) is 0 Å². The van der Waals surface area contributed by atoms with Gasteiger partial charge in [0.05, 0.1) is 0 Å². The van der Waals surface area contributed by atoms with Crippen molar-refractivity contribution in [2.75, 3.05) is 20.6 Å². The number of nitrogens with zero attached hydrogens (tertiary/aromatic N) is 1. The van der Waals surface area contributed by atoms with Gasteiger partial charge in [-0.3, -0.25) is 0 Å². The predicted octanol–water partition coefficient (Wildman–Crippen LogP) is -1.97. The minimum Gasteiger partial charge on any atom is -1.00 e. The molecule has 0 rings (SSSR count). The van der Waals surface area contributed by atoms with Gasteiger partial charge in [0.2, 0.25) is 0 Å². The van der Waals surface area contributed by atoms with Gasteiger partial charge in [-0.2, -0.15) is 0 Å². The van der Waals surface area contributed by atoms with Crippen LogP contribution in [0.25, 0.3) is 0 Å². The van der Waals surface area contributed by atoms with Crippen LogP contribution in [0.1, 0.15) is 20.7 Å². The van der Waals surface area contributed by atoms with Crippen LogP contribution in [0.3, 0.4) is 0 Å². The van der Waals surface area contributed by atoms with Crippen LogP contribution in [0.5, 0.6) is 0 Å². The van der Waals surface area contributed by atoms with Crippen LogP contribution >= 0.6 is 0 Å². The largest absolute Gasteiger partial charge is 1.00 e. The van der Waals surface area contributed by atoms with Gasteiger partial charge in [-0.05, 0) is 33.5 Å². The number of carbonyl (C=O) groups excluding carboxylic acids is 1. The standard InChI is InChI=1S/C7H15NO.K.H/c1-8(2)6-4-3-5-7-9;;/h7H,3-6H2,1-2H3;;/q;+1;-1. The molecule has 10 heavy (non-hydrogen) atoms. The molecule has 3 heteroatoms. The van der Waals surface area contributed by atoms with Crippen molar-refractivity contribution in [2.45, 2.75) is 19.3 Å². The van der Waals surface area contributed by atoms with E-state index in [2.05, 4.69) is 4.90 Å². The van der Waals surface area contributed by atoms with Crippen LogP contribution in [0.15, 0.2) is 0 Å². The molecule has 0 atom stereocenters. The smallest absolute Gasteiger partial charge is 1.00 e. The summed E-state index contributed by atoms with van der Waals surface area (Å²) >= 11 is 0. The average molecular weight is 169 g/mol. The number of hydrogen-bond acceptors (Lipinski definition) is 2. The first-order valence-electron chi connectivity index (χ1n) is 3.35. The maximum Gasteiger partial charge on any atom is 1.00 e. The van der Waals surface area contributed by atoms with E-state index in [-0.39, 0.29) is 52.8 Å². The Morgan fingerprint density at radius 2 is 2.00 bits per heavy atom. The number of unbranched alkanes of at least 4 members (excludes halogenated alkanes) is 2. The van der Waals surface area contributed by atoms with E-state index in [9.17, 15) is 4.79 Å². The van der Waals surface area contributed by atoms with E-state index in [0.717, 1.165) is 25.7 Å². The van der Waals surface area contributed by atoms with Gasteiger partial charge < -0.3 is 11.1 Å². The molecular weight excluding hydrogens is 153 g/mol. The molecule has 0 amide bonds. The first-order valence-corrected chi connectivity index (χ1v) is 3.35. The average Bonchev–Trinajstić information content (AvgIpc) is 1.80. The first-order chi connectivity index (χ1) is 4.27. The van der Waals surface area contributed by atoms with Crippen LogP contribution in [0, 0.1) is 0 Å². The summed E-state index contributed by atoms with van der Waals surface area (Å²) in [6, 6.07) is 0. The maximum absolute atomic E-state index is 9.84. The third kappa shape index (κ3) is 12.0. The third-order valence-electron chi connectivity index (χ3n) is 1.18. The summed E-state index contributed by atoms with van der Waals surface area (Å²) in [5.41, 5.74) is 0. The monoisotopic (exact) mass is 169 g/mol. The zero-order chi connectivity index (χ0) is 7.11. The SMILES string of the molecule is CN(C)CCCCC=O.[H-].[K+]. The van der Waals surface area contributed by atoms with Gasteiger partial charge in [-0.25, -0.2) is 0 Å². The van der Waals surface area contributed by atoms with Gasteiger partial charge in [0.1, 0.15) is 6.29 Å². The van der Waals surface area contributed by atoms with Gasteiger partial charge in [0.15, 0.2) is 0 Å². The van der Waals surface area contributed by atoms with Gasteiger partial charge in [-0.15, -0.1) is 0 Å². The van der Waals surface area contributed by atoms with E-state index >= 15 is 0 Å². The molecule has 2 nitrogen and oxygen atoms in total. The number of carbonyl (C=O) groups is 1. The van der Waals surface area contributed by atoms with Crippen LogP contribution < -0.4 is 51.4 Å². The van der Waals surface area contributed by atoms with E-state index in [1.807, 2.05) is 14.1 Å². The van der Waals surface area contributed by atoms with Crippen LogP contribution in [-0.4, -0.2) is 31.8 Å². The normalized spacial score (nSPS) is 9.10. The van der Waals surface area contributed by atoms with Crippen molar-refractivity contribution in [3.05, 3.63) is 0 Å². The molecule has 0 aromatic rings. The summed E-state index contributed by atoms with van der Waals surface area (Å²) in [4.78, 5) is 12.0. The Bertz CT molecular complexity index is 80.8. The maximum atomic E-state index is 9.84. The van der Waals surface area contributed by atoms with Crippen molar-refractivity contribution in [3.8, 4) is 0 Å². The summed E-state index contributed by atoms with van der Waals surface area (Å²) in [5.74, 6) is 0. The summed E-state index contributed by atoms with van der Waals surface area (Å²) in [5, 5.41) is 0. The van der Waals surface area contributed by atoms with Crippen molar-refractivity contribution in [1.29, 1.82) is 0 Å². The summed E-state index contributed by atoms with van der Waals surface area (Å²) in [6.45, 7) is 1.09. The van der Waals surface area contributed by atoms with E-state index in [1.54, 1.807) is 0 Å². The van der Waals surface area contributed by atoms with E-state index in [1.165, 1.54) is 0 Å².